The minimum Gasteiger partial charge on any atom is -0.493 e. The molecular weight excluding hydrogens is 404 g/mol. The molecule has 0 saturated heterocycles. The average molecular weight is 426 g/mol. The predicted octanol–water partition coefficient (Wildman–Crippen LogP) is 3.35. The van der Waals surface area contributed by atoms with Gasteiger partial charge in [0, 0.05) is 18.7 Å². The number of ether oxygens (including phenoxy) is 4. The second-order valence-electron chi connectivity index (χ2n) is 6.62. The molecule has 3 aromatic rings. The number of benzene rings is 2. The van der Waals surface area contributed by atoms with Crippen LogP contribution in [0, 0.1) is 0 Å². The molecule has 1 aliphatic heterocycles. The van der Waals surface area contributed by atoms with Gasteiger partial charge in [0.15, 0.2) is 27.8 Å². The fraction of sp³-hybridized carbons (Fsp3) is 0.273. The summed E-state index contributed by atoms with van der Waals surface area (Å²) in [7, 11) is 3.14. The number of thiazole rings is 1. The van der Waals surface area contributed by atoms with Crippen LogP contribution in [0.3, 0.4) is 0 Å². The van der Waals surface area contributed by atoms with E-state index in [1.54, 1.807) is 32.4 Å². The summed E-state index contributed by atoms with van der Waals surface area (Å²) in [5, 5.41) is 0. The molecule has 0 bridgehead atoms. The summed E-state index contributed by atoms with van der Waals surface area (Å²) in [6.07, 6.45) is 1.94. The second-order valence-corrected chi connectivity index (χ2v) is 7.63. The summed E-state index contributed by atoms with van der Waals surface area (Å²) in [5.41, 5.74) is 1.73. The molecule has 0 aliphatic carbocycles. The normalized spacial score (nSPS) is 13.3. The van der Waals surface area contributed by atoms with E-state index in [-0.39, 0.29) is 12.3 Å². The molecule has 1 amide bonds. The number of amides is 1. The van der Waals surface area contributed by atoms with Crippen LogP contribution < -0.4 is 23.7 Å². The fourth-order valence-electron chi connectivity index (χ4n) is 3.31. The van der Waals surface area contributed by atoms with Gasteiger partial charge in [0.2, 0.25) is 0 Å². The number of hydrogen-bond donors (Lipinski definition) is 0. The lowest BCUT2D eigenvalue weighted by molar-refractivity contribution is -0.117. The molecule has 0 fully saturated rings. The predicted molar refractivity (Wildman–Crippen MR) is 115 cm³/mol. The van der Waals surface area contributed by atoms with Crippen LogP contribution in [0.4, 0.5) is 0 Å². The molecule has 0 N–H and O–H groups in total. The van der Waals surface area contributed by atoms with Gasteiger partial charge in [-0.3, -0.25) is 4.79 Å². The highest BCUT2D eigenvalue weighted by Crippen LogP contribution is 2.35. The van der Waals surface area contributed by atoms with Gasteiger partial charge in [0.05, 0.1) is 30.9 Å². The first-order valence-corrected chi connectivity index (χ1v) is 10.3. The van der Waals surface area contributed by atoms with E-state index >= 15 is 0 Å². The first kappa shape index (κ1) is 20.0. The zero-order valence-electron chi connectivity index (χ0n) is 16.8. The monoisotopic (exact) mass is 426 g/mol. The van der Waals surface area contributed by atoms with Crippen LogP contribution in [-0.2, 0) is 17.8 Å². The molecule has 0 radical (unpaired) electrons. The maximum absolute atomic E-state index is 12.7. The maximum Gasteiger partial charge on any atom is 0.252 e. The summed E-state index contributed by atoms with van der Waals surface area (Å²) < 4.78 is 24.9. The van der Waals surface area contributed by atoms with Gasteiger partial charge in [-0.25, -0.2) is 0 Å². The number of carbonyl (C=O) groups excluding carboxylic acids is 1. The zero-order chi connectivity index (χ0) is 21.1. The summed E-state index contributed by atoms with van der Waals surface area (Å²) in [6, 6.07) is 9.27. The van der Waals surface area contributed by atoms with E-state index in [9.17, 15) is 4.79 Å². The lowest BCUT2D eigenvalue weighted by Gasteiger charge is -2.18. The van der Waals surface area contributed by atoms with Gasteiger partial charge >= 0.3 is 0 Å². The molecule has 1 aromatic heterocycles. The number of methoxy groups -OCH3 is 2. The van der Waals surface area contributed by atoms with Crippen LogP contribution in [0.5, 0.6) is 23.0 Å². The molecule has 4 rings (SSSR count). The van der Waals surface area contributed by atoms with E-state index in [2.05, 4.69) is 11.6 Å². The Hall–Kier alpha value is -3.26. The summed E-state index contributed by atoms with van der Waals surface area (Å²) in [6.45, 7) is 5.40. The van der Waals surface area contributed by atoms with Crippen molar-refractivity contribution in [2.24, 2.45) is 4.99 Å². The number of aromatic nitrogens is 1. The lowest BCUT2D eigenvalue weighted by atomic mass is 10.1. The van der Waals surface area contributed by atoms with Crippen LogP contribution in [-0.4, -0.2) is 37.9 Å². The standard InChI is InChI=1S/C22H22N2O5S/c1-4-7-24-15-12-18-19(29-9-8-28-18)13-20(15)30-22(24)23-21(25)11-14-5-6-16(26-2)17(10-14)27-3/h4-6,10,12-13H,1,7-9,11H2,2-3H3. The molecule has 0 unspecified atom stereocenters. The van der Waals surface area contributed by atoms with Gasteiger partial charge in [0.1, 0.15) is 13.2 Å². The van der Waals surface area contributed by atoms with Crippen molar-refractivity contribution in [3.05, 3.63) is 53.4 Å². The average Bonchev–Trinajstić information content (AvgIpc) is 3.08. The molecule has 2 heterocycles. The molecule has 0 atom stereocenters. The lowest BCUT2D eigenvalue weighted by Crippen LogP contribution is -2.17. The van der Waals surface area contributed by atoms with E-state index in [1.807, 2.05) is 22.8 Å². The quantitative estimate of drug-likeness (QED) is 0.566. The minimum atomic E-state index is -0.246. The fourth-order valence-corrected chi connectivity index (χ4v) is 4.38. The summed E-state index contributed by atoms with van der Waals surface area (Å²) in [4.78, 5) is 17.7. The van der Waals surface area contributed by atoms with Gasteiger partial charge in [-0.2, -0.15) is 4.99 Å². The first-order chi connectivity index (χ1) is 14.6. The minimum absolute atomic E-state index is 0.158. The Labute approximate surface area is 177 Å². The van der Waals surface area contributed by atoms with Crippen molar-refractivity contribution in [3.8, 4) is 23.0 Å². The Morgan fingerprint density at radius 3 is 2.60 bits per heavy atom. The number of nitrogens with zero attached hydrogens (tertiary/aromatic N) is 2. The first-order valence-electron chi connectivity index (χ1n) is 9.45. The third kappa shape index (κ3) is 3.91. The molecule has 0 saturated carbocycles. The number of carbonyl (C=O) groups is 1. The summed E-state index contributed by atoms with van der Waals surface area (Å²) in [5.74, 6) is 2.37. The van der Waals surface area contributed by atoms with Gasteiger partial charge in [-0.15, -0.1) is 6.58 Å². The smallest absolute Gasteiger partial charge is 0.252 e. The molecule has 0 spiro atoms. The summed E-state index contributed by atoms with van der Waals surface area (Å²) >= 11 is 1.44. The van der Waals surface area contributed by atoms with Crippen molar-refractivity contribution in [1.29, 1.82) is 0 Å². The van der Waals surface area contributed by atoms with Crippen molar-refractivity contribution in [3.63, 3.8) is 0 Å². The number of fused-ring (bicyclic) bond motifs is 2. The van der Waals surface area contributed by atoms with E-state index in [0.29, 0.717) is 47.6 Å². The highest BCUT2D eigenvalue weighted by molar-refractivity contribution is 7.16. The van der Waals surface area contributed by atoms with Crippen molar-refractivity contribution >= 4 is 27.5 Å². The molecule has 8 heteroatoms. The largest absolute Gasteiger partial charge is 0.493 e. The number of rotatable bonds is 6. The SMILES string of the molecule is C=CCn1c(=NC(=O)Cc2ccc(OC)c(OC)c2)sc2cc3c(cc21)OCCO3. The Morgan fingerprint density at radius 2 is 1.90 bits per heavy atom. The van der Waals surface area contributed by atoms with Crippen LogP contribution >= 0.6 is 11.3 Å². The number of allylic oxidation sites excluding steroid dienone is 1. The van der Waals surface area contributed by atoms with Crippen molar-refractivity contribution < 1.29 is 23.7 Å². The Morgan fingerprint density at radius 1 is 1.17 bits per heavy atom. The topological polar surface area (TPSA) is 71.3 Å². The van der Waals surface area contributed by atoms with Gasteiger partial charge in [0.25, 0.3) is 5.91 Å². The van der Waals surface area contributed by atoms with Gasteiger partial charge in [-0.05, 0) is 17.7 Å². The van der Waals surface area contributed by atoms with Crippen LogP contribution in [0.25, 0.3) is 10.2 Å². The number of hydrogen-bond acceptors (Lipinski definition) is 6. The van der Waals surface area contributed by atoms with E-state index in [4.69, 9.17) is 18.9 Å². The molecule has 156 valence electrons. The van der Waals surface area contributed by atoms with E-state index in [1.165, 1.54) is 11.3 Å². The van der Waals surface area contributed by atoms with Gasteiger partial charge in [-0.1, -0.05) is 23.5 Å². The maximum atomic E-state index is 12.7. The van der Waals surface area contributed by atoms with Crippen molar-refractivity contribution in [2.45, 2.75) is 13.0 Å². The molecule has 1 aliphatic rings. The Kier molecular flexibility index (Phi) is 5.76. The van der Waals surface area contributed by atoms with Crippen molar-refractivity contribution in [2.75, 3.05) is 27.4 Å². The van der Waals surface area contributed by atoms with Crippen LogP contribution in [0.15, 0.2) is 48.0 Å². The third-order valence-electron chi connectivity index (χ3n) is 4.68. The van der Waals surface area contributed by atoms with Gasteiger partial charge < -0.3 is 23.5 Å². The van der Waals surface area contributed by atoms with Crippen LogP contribution in [0.2, 0.25) is 0 Å². The molecule has 2 aromatic carbocycles. The zero-order valence-corrected chi connectivity index (χ0v) is 17.7. The van der Waals surface area contributed by atoms with Crippen molar-refractivity contribution in [1.82, 2.24) is 4.57 Å². The van der Waals surface area contributed by atoms with E-state index < -0.39 is 0 Å². The Bertz CT molecular complexity index is 1180. The second kappa shape index (κ2) is 8.62. The highest BCUT2D eigenvalue weighted by Gasteiger charge is 2.16. The third-order valence-corrected chi connectivity index (χ3v) is 5.72. The molecular formula is C22H22N2O5S. The molecule has 30 heavy (non-hydrogen) atoms. The van der Waals surface area contributed by atoms with Crippen LogP contribution in [0.1, 0.15) is 5.56 Å². The van der Waals surface area contributed by atoms with E-state index in [0.717, 1.165) is 15.8 Å². The Balaban J connectivity index is 1.69. The highest BCUT2D eigenvalue weighted by atomic mass is 32.1. The molecule has 7 nitrogen and oxygen atoms in total.